The first-order valence-corrected chi connectivity index (χ1v) is 8.22. The minimum Gasteiger partial charge on any atom is -0.445 e. The van der Waals surface area contributed by atoms with Crippen LogP contribution in [0.25, 0.3) is 6.08 Å². The topological polar surface area (TPSA) is 38.3 Å². The molecule has 0 fully saturated rings. The molecule has 0 bridgehead atoms. The molecular weight excluding hydrogens is 367 g/mol. The summed E-state index contributed by atoms with van der Waals surface area (Å²) < 4.78 is 43.8. The summed E-state index contributed by atoms with van der Waals surface area (Å²) in [5.41, 5.74) is 0.0909. The molecule has 0 aliphatic heterocycles. The Kier molecular flexibility index (Phi) is 7.09. The van der Waals surface area contributed by atoms with Gasteiger partial charge in [0.15, 0.2) is 0 Å². The van der Waals surface area contributed by atoms with Crippen molar-refractivity contribution in [3.8, 4) is 0 Å². The Morgan fingerprint density at radius 1 is 1.15 bits per heavy atom. The van der Waals surface area contributed by atoms with Crippen molar-refractivity contribution in [2.45, 2.75) is 19.2 Å². The van der Waals surface area contributed by atoms with E-state index in [-0.39, 0.29) is 23.7 Å². The fourth-order valence-electron chi connectivity index (χ4n) is 2.17. The second kappa shape index (κ2) is 9.29. The average Bonchev–Trinajstić information content (AvgIpc) is 2.59. The van der Waals surface area contributed by atoms with Crippen molar-refractivity contribution in [1.29, 1.82) is 0 Å². The van der Waals surface area contributed by atoms with Crippen LogP contribution in [-0.2, 0) is 17.5 Å². The highest BCUT2D eigenvalue weighted by Crippen LogP contribution is 2.33. The van der Waals surface area contributed by atoms with Gasteiger partial charge in [-0.1, -0.05) is 54.1 Å². The highest BCUT2D eigenvalue weighted by molar-refractivity contribution is 6.30. The standard InChI is InChI=1S/C19H17ClF3NO2/c20-16-9-10-17(19(21,22)23)15(12-16)8-4-5-11-24-18(25)26-13-14-6-2-1-3-7-14/h1-4,6-10,12H,5,11,13H2,(H,24,25). The van der Waals surface area contributed by atoms with Crippen LogP contribution in [0.3, 0.4) is 0 Å². The molecule has 3 nitrogen and oxygen atoms in total. The number of carbonyl (C=O) groups is 1. The van der Waals surface area contributed by atoms with Crippen molar-refractivity contribution in [1.82, 2.24) is 5.32 Å². The number of amides is 1. The molecule has 0 spiro atoms. The minimum absolute atomic E-state index is 0.0170. The van der Waals surface area contributed by atoms with Crippen molar-refractivity contribution < 1.29 is 22.7 Å². The van der Waals surface area contributed by atoms with Crippen molar-refractivity contribution in [3.63, 3.8) is 0 Å². The Morgan fingerprint density at radius 3 is 2.58 bits per heavy atom. The molecule has 0 aromatic heterocycles. The van der Waals surface area contributed by atoms with Gasteiger partial charge in [-0.3, -0.25) is 0 Å². The lowest BCUT2D eigenvalue weighted by Crippen LogP contribution is -2.24. The minimum atomic E-state index is -4.45. The summed E-state index contributed by atoms with van der Waals surface area (Å²) in [5, 5.41) is 2.76. The summed E-state index contributed by atoms with van der Waals surface area (Å²) in [6.45, 7) is 0.395. The third-order valence-corrected chi connectivity index (χ3v) is 3.64. The predicted molar refractivity (Wildman–Crippen MR) is 94.7 cm³/mol. The van der Waals surface area contributed by atoms with Crippen molar-refractivity contribution >= 4 is 23.8 Å². The molecule has 1 N–H and O–H groups in total. The Morgan fingerprint density at radius 2 is 1.88 bits per heavy atom. The number of hydrogen-bond acceptors (Lipinski definition) is 2. The molecule has 2 aromatic rings. The van der Waals surface area contributed by atoms with Gasteiger partial charge in [0.05, 0.1) is 5.56 Å². The van der Waals surface area contributed by atoms with E-state index in [4.69, 9.17) is 16.3 Å². The smallest absolute Gasteiger partial charge is 0.416 e. The molecule has 0 aliphatic rings. The van der Waals surface area contributed by atoms with E-state index in [1.807, 2.05) is 30.3 Å². The maximum atomic E-state index is 12.9. The molecule has 2 aromatic carbocycles. The second-order valence-corrected chi connectivity index (χ2v) is 5.85. The van der Waals surface area contributed by atoms with Crippen LogP contribution in [0.5, 0.6) is 0 Å². The number of alkyl carbamates (subject to hydrolysis) is 1. The number of rotatable bonds is 6. The zero-order chi connectivity index (χ0) is 19.0. The Labute approximate surface area is 154 Å². The maximum absolute atomic E-state index is 12.9. The molecule has 0 atom stereocenters. The van der Waals surface area contributed by atoms with E-state index < -0.39 is 17.8 Å². The number of ether oxygens (including phenoxy) is 1. The van der Waals surface area contributed by atoms with Gasteiger partial charge in [-0.2, -0.15) is 13.2 Å². The summed E-state index contributed by atoms with van der Waals surface area (Å²) in [4.78, 5) is 11.6. The van der Waals surface area contributed by atoms with Crippen LogP contribution in [0.4, 0.5) is 18.0 Å². The fourth-order valence-corrected chi connectivity index (χ4v) is 2.35. The van der Waals surface area contributed by atoms with Gasteiger partial charge >= 0.3 is 12.3 Å². The van der Waals surface area contributed by atoms with E-state index in [0.29, 0.717) is 6.42 Å². The molecule has 138 valence electrons. The predicted octanol–water partition coefficient (Wildman–Crippen LogP) is 5.69. The van der Waals surface area contributed by atoms with Crippen molar-refractivity contribution in [2.75, 3.05) is 6.54 Å². The van der Waals surface area contributed by atoms with Gasteiger partial charge in [-0.25, -0.2) is 4.79 Å². The summed E-state index contributed by atoms with van der Waals surface area (Å²) in [5.74, 6) is 0. The lowest BCUT2D eigenvalue weighted by molar-refractivity contribution is -0.137. The van der Waals surface area contributed by atoms with E-state index in [0.717, 1.165) is 11.6 Å². The van der Waals surface area contributed by atoms with E-state index in [1.165, 1.54) is 18.2 Å². The molecule has 26 heavy (non-hydrogen) atoms. The first-order chi connectivity index (χ1) is 12.4. The molecule has 0 radical (unpaired) electrons. The van der Waals surface area contributed by atoms with Crippen LogP contribution < -0.4 is 5.32 Å². The number of alkyl halides is 3. The van der Waals surface area contributed by atoms with E-state index in [2.05, 4.69) is 5.32 Å². The molecule has 2 rings (SSSR count). The Bertz CT molecular complexity index is 761. The first-order valence-electron chi connectivity index (χ1n) is 7.84. The van der Waals surface area contributed by atoms with Crippen LogP contribution in [0.15, 0.2) is 54.6 Å². The molecule has 7 heteroatoms. The monoisotopic (exact) mass is 383 g/mol. The van der Waals surface area contributed by atoms with Crippen LogP contribution >= 0.6 is 11.6 Å². The van der Waals surface area contributed by atoms with Gasteiger partial charge in [0.1, 0.15) is 6.61 Å². The average molecular weight is 384 g/mol. The van der Waals surface area contributed by atoms with Gasteiger partial charge in [-0.05, 0) is 35.7 Å². The number of halogens is 4. The summed E-state index contributed by atoms with van der Waals surface area (Å²) in [6.07, 6.45) is -1.81. The van der Waals surface area contributed by atoms with Crippen LogP contribution in [0, 0.1) is 0 Å². The van der Waals surface area contributed by atoms with Gasteiger partial charge < -0.3 is 10.1 Å². The first kappa shape index (κ1) is 19.8. The molecule has 0 unspecified atom stereocenters. The van der Waals surface area contributed by atoms with Crippen LogP contribution in [-0.4, -0.2) is 12.6 Å². The Hall–Kier alpha value is -2.47. The zero-order valence-electron chi connectivity index (χ0n) is 13.7. The van der Waals surface area contributed by atoms with Gasteiger partial charge in [-0.15, -0.1) is 0 Å². The number of carbonyl (C=O) groups excluding carboxylic acids is 1. The third kappa shape index (κ3) is 6.44. The highest BCUT2D eigenvalue weighted by atomic mass is 35.5. The lowest BCUT2D eigenvalue weighted by Gasteiger charge is -2.10. The quantitative estimate of drug-likeness (QED) is 0.651. The number of nitrogens with one attached hydrogen (secondary N) is 1. The maximum Gasteiger partial charge on any atom is 0.416 e. The molecule has 0 saturated carbocycles. The van der Waals surface area contributed by atoms with E-state index in [9.17, 15) is 18.0 Å². The largest absolute Gasteiger partial charge is 0.445 e. The Balaban J connectivity index is 1.79. The molecule has 0 heterocycles. The van der Waals surface area contributed by atoms with Crippen LogP contribution in [0.1, 0.15) is 23.1 Å². The van der Waals surface area contributed by atoms with E-state index in [1.54, 1.807) is 6.08 Å². The van der Waals surface area contributed by atoms with Crippen molar-refractivity contribution in [2.24, 2.45) is 0 Å². The highest BCUT2D eigenvalue weighted by Gasteiger charge is 2.32. The molecule has 0 saturated heterocycles. The SMILES string of the molecule is O=C(NCCC=Cc1cc(Cl)ccc1C(F)(F)F)OCc1ccccc1. The van der Waals surface area contributed by atoms with Crippen LogP contribution in [0.2, 0.25) is 5.02 Å². The summed E-state index contributed by atoms with van der Waals surface area (Å²) in [7, 11) is 0. The third-order valence-electron chi connectivity index (χ3n) is 3.41. The normalized spacial score (nSPS) is 11.5. The second-order valence-electron chi connectivity index (χ2n) is 5.41. The number of hydrogen-bond donors (Lipinski definition) is 1. The van der Waals surface area contributed by atoms with Crippen molar-refractivity contribution in [3.05, 3.63) is 76.3 Å². The molecule has 1 amide bonds. The van der Waals surface area contributed by atoms with Gasteiger partial charge in [0, 0.05) is 11.6 Å². The van der Waals surface area contributed by atoms with Gasteiger partial charge in [0.2, 0.25) is 0 Å². The number of benzene rings is 2. The summed E-state index contributed by atoms with van der Waals surface area (Å²) in [6, 6.07) is 12.6. The summed E-state index contributed by atoms with van der Waals surface area (Å²) >= 11 is 5.76. The zero-order valence-corrected chi connectivity index (χ0v) is 14.5. The fraction of sp³-hybridized carbons (Fsp3) is 0.211. The lowest BCUT2D eigenvalue weighted by atomic mass is 10.1. The molecular formula is C19H17ClF3NO2. The molecule has 0 aliphatic carbocycles. The van der Waals surface area contributed by atoms with E-state index >= 15 is 0 Å². The van der Waals surface area contributed by atoms with Gasteiger partial charge in [0.25, 0.3) is 0 Å².